The average Bonchev–Trinajstić information content (AvgIpc) is 2.42. The molecule has 0 unspecified atom stereocenters. The number of unbranched alkanes of at least 4 members (excludes halogenated alkanes) is 3. The Morgan fingerprint density at radius 1 is 1.20 bits per heavy atom. The fourth-order valence-corrected chi connectivity index (χ4v) is 3.65. The van der Waals surface area contributed by atoms with E-state index in [0.717, 1.165) is 31.7 Å². The molecule has 0 saturated heterocycles. The summed E-state index contributed by atoms with van der Waals surface area (Å²) in [6.45, 7) is 8.49. The summed E-state index contributed by atoms with van der Waals surface area (Å²) < 4.78 is 5.94. The molecule has 1 amide bonds. The standard InChI is InChI=1S/C14H32NO2PS2/c1-5-18(2,3)17-12-9-7-6-8-11-15-14(16)10-13-20-19-4/h18H,5-13H2,1-4H3,(H,15,16). The molecule has 0 atom stereocenters. The van der Waals surface area contributed by atoms with Crippen molar-refractivity contribution in [2.75, 3.05) is 44.7 Å². The van der Waals surface area contributed by atoms with Crippen LogP contribution in [0.2, 0.25) is 0 Å². The van der Waals surface area contributed by atoms with Gasteiger partial charge in [0.15, 0.2) is 0 Å². The molecule has 0 aliphatic carbocycles. The SMILES string of the molecule is CC[PH](C)(C)OCCCCCCNC(=O)CCSSC. The van der Waals surface area contributed by atoms with Gasteiger partial charge in [-0.05, 0) is 6.26 Å². The molecular weight excluding hydrogens is 309 g/mol. The molecule has 0 fully saturated rings. The van der Waals surface area contributed by atoms with E-state index in [-0.39, 0.29) is 5.91 Å². The predicted octanol–water partition coefficient (Wildman–Crippen LogP) is 4.03. The van der Waals surface area contributed by atoms with Gasteiger partial charge in [-0.25, -0.2) is 0 Å². The van der Waals surface area contributed by atoms with Crippen LogP contribution in [0.5, 0.6) is 0 Å². The molecule has 0 heterocycles. The van der Waals surface area contributed by atoms with Crippen LogP contribution in [0.25, 0.3) is 0 Å². The molecule has 0 rings (SSSR count). The van der Waals surface area contributed by atoms with E-state index in [0.29, 0.717) is 6.42 Å². The van der Waals surface area contributed by atoms with E-state index in [1.165, 1.54) is 19.0 Å². The van der Waals surface area contributed by atoms with Crippen molar-refractivity contribution in [3.63, 3.8) is 0 Å². The van der Waals surface area contributed by atoms with Gasteiger partial charge in [-0.3, -0.25) is 0 Å². The van der Waals surface area contributed by atoms with E-state index in [1.54, 1.807) is 21.6 Å². The maximum absolute atomic E-state index is 11.4. The molecule has 6 heteroatoms. The summed E-state index contributed by atoms with van der Waals surface area (Å²) in [4.78, 5) is 11.4. The van der Waals surface area contributed by atoms with Gasteiger partial charge in [0.1, 0.15) is 0 Å². The Morgan fingerprint density at radius 3 is 2.55 bits per heavy atom. The minimum absolute atomic E-state index is 0.186. The number of amides is 1. The van der Waals surface area contributed by atoms with Gasteiger partial charge in [-0.15, -0.1) is 0 Å². The first kappa shape index (κ1) is 20.6. The predicted molar refractivity (Wildman–Crippen MR) is 98.7 cm³/mol. The van der Waals surface area contributed by atoms with Crippen molar-refractivity contribution in [1.82, 2.24) is 5.32 Å². The fourth-order valence-electron chi connectivity index (χ4n) is 1.57. The van der Waals surface area contributed by atoms with E-state index in [2.05, 4.69) is 25.6 Å². The van der Waals surface area contributed by atoms with E-state index in [9.17, 15) is 4.79 Å². The van der Waals surface area contributed by atoms with Gasteiger partial charge in [0, 0.05) is 0 Å². The van der Waals surface area contributed by atoms with Crippen LogP contribution in [0.3, 0.4) is 0 Å². The van der Waals surface area contributed by atoms with Crippen molar-refractivity contribution < 1.29 is 9.32 Å². The Labute approximate surface area is 133 Å². The molecule has 0 aliphatic heterocycles. The van der Waals surface area contributed by atoms with Crippen LogP contribution in [-0.2, 0) is 9.32 Å². The van der Waals surface area contributed by atoms with Crippen LogP contribution >= 0.6 is 29.1 Å². The maximum atomic E-state index is 11.4. The second kappa shape index (κ2) is 13.2. The van der Waals surface area contributed by atoms with Crippen molar-refractivity contribution in [3.05, 3.63) is 0 Å². The summed E-state index contributed by atoms with van der Waals surface area (Å²) in [5, 5.41) is 2.98. The normalized spacial score (nSPS) is 12.4. The van der Waals surface area contributed by atoms with E-state index >= 15 is 0 Å². The topological polar surface area (TPSA) is 38.3 Å². The second-order valence-corrected chi connectivity index (χ2v) is 12.7. The minimum atomic E-state index is -1.34. The van der Waals surface area contributed by atoms with Gasteiger partial charge in [0.25, 0.3) is 0 Å². The summed E-state index contributed by atoms with van der Waals surface area (Å²) in [6, 6.07) is 0. The van der Waals surface area contributed by atoms with Gasteiger partial charge >= 0.3 is 116 Å². The Kier molecular flexibility index (Phi) is 13.6. The van der Waals surface area contributed by atoms with Gasteiger partial charge in [-0.1, -0.05) is 10.8 Å². The van der Waals surface area contributed by atoms with E-state index in [1.807, 2.05) is 6.26 Å². The zero-order valence-corrected chi connectivity index (χ0v) is 16.1. The Balaban J connectivity index is 3.26. The van der Waals surface area contributed by atoms with Crippen molar-refractivity contribution in [2.24, 2.45) is 0 Å². The smallest absolute Gasteiger partial charge is 0.0976 e. The number of nitrogens with one attached hydrogen (secondary N) is 1. The molecule has 0 bridgehead atoms. The minimum Gasteiger partial charge on any atom is -0.0976 e. The number of carbonyl (C=O) groups is 1. The molecular formula is C14H32NO2PS2. The Bertz CT molecular complexity index is 253. The zero-order chi connectivity index (χ0) is 15.3. The molecule has 0 saturated carbocycles. The van der Waals surface area contributed by atoms with Gasteiger partial charge in [0.05, 0.1) is 0 Å². The summed E-state index contributed by atoms with van der Waals surface area (Å²) in [7, 11) is 2.11. The van der Waals surface area contributed by atoms with Gasteiger partial charge < -0.3 is 0 Å². The fraction of sp³-hybridized carbons (Fsp3) is 0.929. The van der Waals surface area contributed by atoms with Gasteiger partial charge in [0.2, 0.25) is 0 Å². The van der Waals surface area contributed by atoms with Crippen LogP contribution in [-0.4, -0.2) is 50.6 Å². The molecule has 1 N–H and O–H groups in total. The molecule has 0 aromatic carbocycles. The van der Waals surface area contributed by atoms with Gasteiger partial charge in [-0.2, -0.15) is 0 Å². The quantitative estimate of drug-likeness (QED) is 0.312. The summed E-state index contributed by atoms with van der Waals surface area (Å²) in [6.07, 6.45) is 8.47. The Hall–Kier alpha value is 0.560. The first-order valence-corrected chi connectivity index (χ1v) is 13.4. The number of hydrogen-bond acceptors (Lipinski definition) is 4. The summed E-state index contributed by atoms with van der Waals surface area (Å²) in [5.41, 5.74) is 0. The van der Waals surface area contributed by atoms with Crippen molar-refractivity contribution >= 4 is 35.0 Å². The zero-order valence-electron chi connectivity index (χ0n) is 13.5. The summed E-state index contributed by atoms with van der Waals surface area (Å²) >= 11 is 0. The molecule has 0 aromatic rings. The average molecular weight is 342 g/mol. The van der Waals surface area contributed by atoms with Crippen molar-refractivity contribution in [3.8, 4) is 0 Å². The van der Waals surface area contributed by atoms with Crippen LogP contribution in [0.1, 0.15) is 39.0 Å². The molecule has 0 aliphatic rings. The van der Waals surface area contributed by atoms with Crippen LogP contribution in [0, 0.1) is 0 Å². The molecule has 0 radical (unpaired) electrons. The first-order chi connectivity index (χ1) is 9.52. The monoisotopic (exact) mass is 341 g/mol. The number of carbonyl (C=O) groups excluding carboxylic acids is 1. The molecule has 0 spiro atoms. The van der Waals surface area contributed by atoms with Crippen LogP contribution in [0.15, 0.2) is 0 Å². The third-order valence-electron chi connectivity index (χ3n) is 3.27. The second-order valence-electron chi connectivity index (χ2n) is 5.46. The molecule has 122 valence electrons. The van der Waals surface area contributed by atoms with Crippen LogP contribution in [0.4, 0.5) is 0 Å². The van der Waals surface area contributed by atoms with Crippen molar-refractivity contribution in [1.29, 1.82) is 0 Å². The third-order valence-corrected chi connectivity index (χ3v) is 7.77. The first-order valence-electron chi connectivity index (χ1n) is 7.58. The van der Waals surface area contributed by atoms with Crippen LogP contribution < -0.4 is 5.32 Å². The van der Waals surface area contributed by atoms with E-state index in [4.69, 9.17) is 4.52 Å². The third kappa shape index (κ3) is 13.5. The molecule has 3 nitrogen and oxygen atoms in total. The molecule has 0 aromatic heterocycles. The van der Waals surface area contributed by atoms with E-state index < -0.39 is 7.49 Å². The number of hydrogen-bond donors (Lipinski definition) is 1. The Morgan fingerprint density at radius 2 is 1.90 bits per heavy atom. The number of rotatable bonds is 13. The summed E-state index contributed by atoms with van der Waals surface area (Å²) in [5.74, 6) is 1.09. The molecule has 20 heavy (non-hydrogen) atoms. The van der Waals surface area contributed by atoms with Crippen molar-refractivity contribution in [2.45, 2.75) is 39.0 Å².